The molecule has 5 heteroatoms. The highest BCUT2D eigenvalue weighted by Crippen LogP contribution is 2.30. The Morgan fingerprint density at radius 3 is 2.64 bits per heavy atom. The van der Waals surface area contributed by atoms with E-state index in [1.807, 2.05) is 49.6 Å². The normalized spacial score (nSPS) is 15.1. The summed E-state index contributed by atoms with van der Waals surface area (Å²) in [7, 11) is 3.30. The summed E-state index contributed by atoms with van der Waals surface area (Å²) in [4.78, 5) is 0.949. The van der Waals surface area contributed by atoms with Gasteiger partial charge in [-0.3, -0.25) is 0 Å². The van der Waals surface area contributed by atoms with Gasteiger partial charge in [-0.25, -0.2) is 0 Å². The number of ether oxygens (including phenoxy) is 2. The van der Waals surface area contributed by atoms with Gasteiger partial charge in [-0.15, -0.1) is 11.3 Å². The van der Waals surface area contributed by atoms with Crippen molar-refractivity contribution in [2.75, 3.05) is 20.8 Å². The minimum Gasteiger partial charge on any atom is -0.497 e. The number of methoxy groups -OCH3 is 2. The van der Waals surface area contributed by atoms with Crippen LogP contribution in [0.2, 0.25) is 0 Å². The Kier molecular flexibility index (Phi) is 5.45. The molecule has 4 nitrogen and oxygen atoms in total. The highest BCUT2D eigenvalue weighted by Gasteiger charge is 2.25. The van der Waals surface area contributed by atoms with E-state index in [1.165, 1.54) is 0 Å². The topological polar surface area (TPSA) is 50.7 Å². The quantitative estimate of drug-likeness (QED) is 0.821. The molecule has 1 heterocycles. The first kappa shape index (κ1) is 16.8. The van der Waals surface area contributed by atoms with E-state index >= 15 is 0 Å². The molecule has 0 radical (unpaired) electrons. The third kappa shape index (κ3) is 3.80. The lowest BCUT2D eigenvalue weighted by Gasteiger charge is -2.26. The van der Waals surface area contributed by atoms with E-state index in [9.17, 15) is 5.11 Å². The van der Waals surface area contributed by atoms with E-state index in [0.717, 1.165) is 21.9 Å². The molecule has 0 saturated heterocycles. The van der Waals surface area contributed by atoms with Crippen LogP contribution in [0.3, 0.4) is 0 Å². The lowest BCUT2D eigenvalue weighted by Crippen LogP contribution is -2.36. The van der Waals surface area contributed by atoms with Crippen LogP contribution in [0.15, 0.2) is 35.7 Å². The molecule has 2 unspecified atom stereocenters. The zero-order valence-electron chi connectivity index (χ0n) is 13.4. The Labute approximate surface area is 135 Å². The number of rotatable bonds is 7. The number of thiophene rings is 1. The third-order valence-corrected chi connectivity index (χ3v) is 4.83. The summed E-state index contributed by atoms with van der Waals surface area (Å²) in [6.07, 6.45) is 0. The Hall–Kier alpha value is -1.56. The molecule has 120 valence electrons. The van der Waals surface area contributed by atoms with Gasteiger partial charge in [0.2, 0.25) is 0 Å². The van der Waals surface area contributed by atoms with Gasteiger partial charge >= 0.3 is 0 Å². The van der Waals surface area contributed by atoms with Crippen LogP contribution >= 0.6 is 11.3 Å². The van der Waals surface area contributed by atoms with Crippen molar-refractivity contribution in [3.05, 3.63) is 46.2 Å². The summed E-state index contributed by atoms with van der Waals surface area (Å²) < 4.78 is 10.7. The van der Waals surface area contributed by atoms with Crippen molar-refractivity contribution in [3.8, 4) is 11.5 Å². The van der Waals surface area contributed by atoms with Crippen molar-refractivity contribution in [2.45, 2.75) is 25.5 Å². The molecule has 0 saturated carbocycles. The van der Waals surface area contributed by atoms with Crippen molar-refractivity contribution in [2.24, 2.45) is 0 Å². The first-order valence-corrected chi connectivity index (χ1v) is 8.07. The van der Waals surface area contributed by atoms with Gasteiger partial charge < -0.3 is 19.9 Å². The molecule has 1 aromatic carbocycles. The van der Waals surface area contributed by atoms with E-state index in [-0.39, 0.29) is 6.04 Å². The fourth-order valence-electron chi connectivity index (χ4n) is 2.31. The van der Waals surface area contributed by atoms with Crippen molar-refractivity contribution >= 4 is 11.3 Å². The van der Waals surface area contributed by atoms with Crippen LogP contribution in [-0.4, -0.2) is 25.9 Å². The molecule has 2 aromatic rings. The van der Waals surface area contributed by atoms with Gasteiger partial charge in [0, 0.05) is 23.0 Å². The minimum atomic E-state index is -0.894. The molecular weight excluding hydrogens is 298 g/mol. The van der Waals surface area contributed by atoms with Crippen LogP contribution in [0.5, 0.6) is 11.5 Å². The van der Waals surface area contributed by atoms with Gasteiger partial charge in [0.15, 0.2) is 0 Å². The first-order valence-electron chi connectivity index (χ1n) is 7.19. The van der Waals surface area contributed by atoms with E-state index in [1.54, 1.807) is 25.6 Å². The van der Waals surface area contributed by atoms with E-state index in [0.29, 0.717) is 6.54 Å². The predicted octanol–water partition coefficient (Wildman–Crippen LogP) is 3.32. The molecule has 0 aliphatic carbocycles. The van der Waals surface area contributed by atoms with Gasteiger partial charge in [0.05, 0.1) is 14.2 Å². The third-order valence-electron chi connectivity index (χ3n) is 3.71. The van der Waals surface area contributed by atoms with Gasteiger partial charge in [0.25, 0.3) is 0 Å². The van der Waals surface area contributed by atoms with E-state index in [4.69, 9.17) is 9.47 Å². The fourth-order valence-corrected chi connectivity index (χ4v) is 3.10. The van der Waals surface area contributed by atoms with Gasteiger partial charge in [-0.1, -0.05) is 6.07 Å². The maximum absolute atomic E-state index is 10.6. The van der Waals surface area contributed by atoms with Gasteiger partial charge in [0.1, 0.15) is 17.1 Å². The number of benzene rings is 1. The second kappa shape index (κ2) is 7.13. The largest absolute Gasteiger partial charge is 0.497 e. The molecule has 0 amide bonds. The first-order chi connectivity index (χ1) is 10.5. The summed E-state index contributed by atoms with van der Waals surface area (Å²) in [5, 5.41) is 15.9. The summed E-state index contributed by atoms with van der Waals surface area (Å²) in [6, 6.07) is 9.64. The smallest absolute Gasteiger partial charge is 0.123 e. The molecule has 22 heavy (non-hydrogen) atoms. The summed E-state index contributed by atoms with van der Waals surface area (Å²) in [5.41, 5.74) is 0.109. The molecule has 0 aliphatic heterocycles. The highest BCUT2D eigenvalue weighted by atomic mass is 32.1. The average molecular weight is 321 g/mol. The fraction of sp³-hybridized carbons (Fsp3) is 0.412. The standard InChI is InChI=1S/C17H23NO3S/c1-12(14-10-13(20-3)7-8-15(14)21-4)18-11-17(2,19)16-6-5-9-22-16/h5-10,12,18-19H,11H2,1-4H3. The average Bonchev–Trinajstić information content (AvgIpc) is 3.07. The molecule has 2 N–H and O–H groups in total. The van der Waals surface area contributed by atoms with Crippen LogP contribution in [0.25, 0.3) is 0 Å². The number of aliphatic hydroxyl groups is 1. The van der Waals surface area contributed by atoms with Gasteiger partial charge in [-0.2, -0.15) is 0 Å². The van der Waals surface area contributed by atoms with Gasteiger partial charge in [-0.05, 0) is 43.5 Å². The van der Waals surface area contributed by atoms with Crippen molar-refractivity contribution in [1.29, 1.82) is 0 Å². The molecular formula is C17H23NO3S. The Morgan fingerprint density at radius 1 is 1.27 bits per heavy atom. The van der Waals surface area contributed by atoms with Crippen LogP contribution in [-0.2, 0) is 5.60 Å². The zero-order chi connectivity index (χ0) is 16.2. The minimum absolute atomic E-state index is 0.0245. The van der Waals surface area contributed by atoms with Crippen molar-refractivity contribution in [1.82, 2.24) is 5.32 Å². The van der Waals surface area contributed by atoms with Crippen LogP contribution < -0.4 is 14.8 Å². The summed E-state index contributed by atoms with van der Waals surface area (Å²) in [6.45, 7) is 4.32. The van der Waals surface area contributed by atoms with Crippen LogP contribution in [0, 0.1) is 0 Å². The molecule has 0 fully saturated rings. The zero-order valence-corrected chi connectivity index (χ0v) is 14.2. The Balaban J connectivity index is 2.10. The molecule has 1 aromatic heterocycles. The Morgan fingerprint density at radius 2 is 2.05 bits per heavy atom. The molecule has 0 spiro atoms. The molecule has 0 bridgehead atoms. The van der Waals surface area contributed by atoms with E-state index < -0.39 is 5.60 Å². The SMILES string of the molecule is COc1ccc(OC)c(C(C)NCC(C)(O)c2cccs2)c1. The lowest BCUT2D eigenvalue weighted by atomic mass is 10.0. The van der Waals surface area contributed by atoms with Crippen molar-refractivity contribution in [3.63, 3.8) is 0 Å². The second-order valence-electron chi connectivity index (χ2n) is 5.46. The number of hydrogen-bond acceptors (Lipinski definition) is 5. The number of nitrogens with one attached hydrogen (secondary N) is 1. The Bertz CT molecular complexity index is 596. The monoisotopic (exact) mass is 321 g/mol. The van der Waals surface area contributed by atoms with Crippen LogP contribution in [0.4, 0.5) is 0 Å². The maximum atomic E-state index is 10.6. The lowest BCUT2D eigenvalue weighted by molar-refractivity contribution is 0.0580. The van der Waals surface area contributed by atoms with Crippen molar-refractivity contribution < 1.29 is 14.6 Å². The molecule has 2 atom stereocenters. The molecule has 2 rings (SSSR count). The molecule has 0 aliphatic rings. The van der Waals surface area contributed by atoms with Crippen LogP contribution in [0.1, 0.15) is 30.3 Å². The highest BCUT2D eigenvalue weighted by molar-refractivity contribution is 7.10. The number of hydrogen-bond donors (Lipinski definition) is 2. The second-order valence-corrected chi connectivity index (χ2v) is 6.41. The van der Waals surface area contributed by atoms with E-state index in [2.05, 4.69) is 5.32 Å². The summed E-state index contributed by atoms with van der Waals surface area (Å²) >= 11 is 1.56. The predicted molar refractivity (Wildman–Crippen MR) is 89.9 cm³/mol. The maximum Gasteiger partial charge on any atom is 0.123 e. The summed E-state index contributed by atoms with van der Waals surface area (Å²) in [5.74, 6) is 1.59.